The molecule has 0 saturated heterocycles. The lowest BCUT2D eigenvalue weighted by Gasteiger charge is -2.10. The molecule has 0 aromatic heterocycles. The predicted octanol–water partition coefficient (Wildman–Crippen LogP) is 4.86. The van der Waals surface area contributed by atoms with Crippen LogP contribution in [0.15, 0.2) is 45.8 Å². The highest BCUT2D eigenvalue weighted by Gasteiger charge is 2.06. The molecule has 0 radical (unpaired) electrons. The second-order valence-electron chi connectivity index (χ2n) is 4.16. The van der Waals surface area contributed by atoms with Gasteiger partial charge in [-0.25, -0.2) is 4.39 Å². The molecule has 2 rings (SSSR count). The van der Waals surface area contributed by atoms with Crippen LogP contribution in [0.25, 0.3) is 0 Å². The van der Waals surface area contributed by atoms with Gasteiger partial charge in [-0.05, 0) is 48.9 Å². The summed E-state index contributed by atoms with van der Waals surface area (Å²) in [6.07, 6.45) is 0. The molecule has 0 spiro atoms. The molecule has 2 aromatic carbocycles. The van der Waals surface area contributed by atoms with Crippen LogP contribution >= 0.6 is 27.7 Å². The van der Waals surface area contributed by atoms with Crippen LogP contribution in [0.2, 0.25) is 0 Å². The van der Waals surface area contributed by atoms with Gasteiger partial charge < -0.3 is 10.5 Å². The zero-order valence-electron chi connectivity index (χ0n) is 11.0. The summed E-state index contributed by atoms with van der Waals surface area (Å²) < 4.78 is 19.6. The fourth-order valence-corrected chi connectivity index (χ4v) is 3.26. The third kappa shape index (κ3) is 3.90. The Labute approximate surface area is 130 Å². The Morgan fingerprint density at radius 1 is 1.25 bits per heavy atom. The molecule has 0 unspecified atom stereocenters. The molecule has 0 aliphatic carbocycles. The van der Waals surface area contributed by atoms with E-state index in [-0.39, 0.29) is 5.82 Å². The van der Waals surface area contributed by atoms with E-state index in [1.54, 1.807) is 17.8 Å². The Balaban J connectivity index is 2.13. The average Bonchev–Trinajstić information content (AvgIpc) is 2.43. The molecule has 5 heteroatoms. The first kappa shape index (κ1) is 15.2. The Morgan fingerprint density at radius 2 is 2.05 bits per heavy atom. The Hall–Kier alpha value is -1.20. The van der Waals surface area contributed by atoms with Crippen molar-refractivity contribution in [3.8, 4) is 5.75 Å². The van der Waals surface area contributed by atoms with Crippen molar-refractivity contribution in [3.63, 3.8) is 0 Å². The minimum Gasteiger partial charge on any atom is -0.494 e. The van der Waals surface area contributed by atoms with Gasteiger partial charge in [0.2, 0.25) is 0 Å². The van der Waals surface area contributed by atoms with E-state index in [1.165, 1.54) is 12.1 Å². The maximum absolute atomic E-state index is 13.2. The van der Waals surface area contributed by atoms with Crippen molar-refractivity contribution < 1.29 is 9.13 Å². The number of nitrogens with two attached hydrogens (primary N) is 1. The molecule has 0 heterocycles. The van der Waals surface area contributed by atoms with Crippen LogP contribution in [0.5, 0.6) is 5.75 Å². The van der Waals surface area contributed by atoms with Gasteiger partial charge in [0.05, 0.1) is 6.61 Å². The Bertz CT molecular complexity index is 606. The first-order valence-corrected chi connectivity index (χ1v) is 7.97. The molecule has 0 bridgehead atoms. The fraction of sp³-hybridized carbons (Fsp3) is 0.200. The van der Waals surface area contributed by atoms with Gasteiger partial charge in [-0.2, -0.15) is 0 Å². The van der Waals surface area contributed by atoms with Gasteiger partial charge in [0.25, 0.3) is 0 Å². The predicted molar refractivity (Wildman–Crippen MR) is 85.7 cm³/mol. The van der Waals surface area contributed by atoms with Gasteiger partial charge in [-0.15, -0.1) is 11.8 Å². The summed E-state index contributed by atoms with van der Waals surface area (Å²) in [6.45, 7) is 2.55. The first-order chi connectivity index (χ1) is 9.60. The SMILES string of the molecule is CCOc1ccc(N)c(SCc2cc(F)ccc2Br)c1. The maximum atomic E-state index is 13.2. The molecule has 0 fully saturated rings. The smallest absolute Gasteiger partial charge is 0.123 e. The van der Waals surface area contributed by atoms with E-state index < -0.39 is 0 Å². The number of hydrogen-bond acceptors (Lipinski definition) is 3. The van der Waals surface area contributed by atoms with Crippen LogP contribution in [0.1, 0.15) is 12.5 Å². The summed E-state index contributed by atoms with van der Waals surface area (Å²) in [5.74, 6) is 1.19. The fourth-order valence-electron chi connectivity index (χ4n) is 1.71. The average molecular weight is 356 g/mol. The second-order valence-corrected chi connectivity index (χ2v) is 6.03. The number of ether oxygens (including phenoxy) is 1. The molecule has 0 aliphatic heterocycles. The molecular weight excluding hydrogens is 341 g/mol. The third-order valence-corrected chi connectivity index (χ3v) is 4.58. The van der Waals surface area contributed by atoms with E-state index in [0.717, 1.165) is 20.7 Å². The normalized spacial score (nSPS) is 10.6. The van der Waals surface area contributed by atoms with E-state index >= 15 is 0 Å². The summed E-state index contributed by atoms with van der Waals surface area (Å²) in [4.78, 5) is 0.937. The summed E-state index contributed by atoms with van der Waals surface area (Å²) in [6, 6.07) is 10.3. The molecule has 0 amide bonds. The van der Waals surface area contributed by atoms with E-state index in [2.05, 4.69) is 15.9 Å². The molecule has 2 aromatic rings. The van der Waals surface area contributed by atoms with Crippen LogP contribution in [-0.4, -0.2) is 6.61 Å². The number of benzene rings is 2. The number of rotatable bonds is 5. The largest absolute Gasteiger partial charge is 0.494 e. The molecule has 0 aliphatic rings. The first-order valence-electron chi connectivity index (χ1n) is 6.19. The highest BCUT2D eigenvalue weighted by Crippen LogP contribution is 2.33. The summed E-state index contributed by atoms with van der Waals surface area (Å²) in [7, 11) is 0. The van der Waals surface area contributed by atoms with Crippen molar-refractivity contribution in [1.82, 2.24) is 0 Å². The quantitative estimate of drug-likeness (QED) is 0.614. The highest BCUT2D eigenvalue weighted by molar-refractivity contribution is 9.10. The van der Waals surface area contributed by atoms with Crippen molar-refractivity contribution >= 4 is 33.4 Å². The molecule has 20 heavy (non-hydrogen) atoms. The molecule has 0 saturated carbocycles. The summed E-state index contributed by atoms with van der Waals surface area (Å²) in [5.41, 5.74) is 7.55. The van der Waals surface area contributed by atoms with E-state index in [9.17, 15) is 4.39 Å². The summed E-state index contributed by atoms with van der Waals surface area (Å²) in [5, 5.41) is 0. The van der Waals surface area contributed by atoms with Gasteiger partial charge in [-0.3, -0.25) is 0 Å². The van der Waals surface area contributed by atoms with Gasteiger partial charge in [0.15, 0.2) is 0 Å². The number of hydrogen-bond donors (Lipinski definition) is 1. The van der Waals surface area contributed by atoms with Crippen molar-refractivity contribution in [2.45, 2.75) is 17.6 Å². The third-order valence-electron chi connectivity index (χ3n) is 2.69. The van der Waals surface area contributed by atoms with Crippen LogP contribution in [0.3, 0.4) is 0 Å². The van der Waals surface area contributed by atoms with Gasteiger partial charge in [0, 0.05) is 20.8 Å². The topological polar surface area (TPSA) is 35.2 Å². The van der Waals surface area contributed by atoms with Crippen LogP contribution in [0, 0.1) is 5.82 Å². The molecule has 2 N–H and O–H groups in total. The number of thioether (sulfide) groups is 1. The number of halogens is 2. The minimum absolute atomic E-state index is 0.236. The number of anilines is 1. The molecule has 0 atom stereocenters. The lowest BCUT2D eigenvalue weighted by molar-refractivity contribution is 0.339. The Morgan fingerprint density at radius 3 is 2.80 bits per heavy atom. The zero-order valence-corrected chi connectivity index (χ0v) is 13.4. The Kier molecular flexibility index (Phi) is 5.31. The van der Waals surface area contributed by atoms with E-state index in [4.69, 9.17) is 10.5 Å². The van der Waals surface area contributed by atoms with Crippen molar-refractivity contribution in [2.75, 3.05) is 12.3 Å². The number of nitrogen functional groups attached to an aromatic ring is 1. The van der Waals surface area contributed by atoms with Crippen molar-refractivity contribution in [3.05, 3.63) is 52.3 Å². The van der Waals surface area contributed by atoms with Crippen molar-refractivity contribution in [2.24, 2.45) is 0 Å². The van der Waals surface area contributed by atoms with Gasteiger partial charge in [0.1, 0.15) is 11.6 Å². The van der Waals surface area contributed by atoms with Crippen LogP contribution in [0.4, 0.5) is 10.1 Å². The van der Waals surface area contributed by atoms with Crippen LogP contribution in [-0.2, 0) is 5.75 Å². The maximum Gasteiger partial charge on any atom is 0.123 e. The second kappa shape index (κ2) is 6.99. The molecular formula is C15H15BrFNOS. The van der Waals surface area contributed by atoms with E-state index in [0.29, 0.717) is 18.0 Å². The monoisotopic (exact) mass is 355 g/mol. The lowest BCUT2D eigenvalue weighted by atomic mass is 10.2. The zero-order chi connectivity index (χ0) is 14.5. The minimum atomic E-state index is -0.236. The van der Waals surface area contributed by atoms with Crippen molar-refractivity contribution in [1.29, 1.82) is 0 Å². The highest BCUT2D eigenvalue weighted by atomic mass is 79.9. The van der Waals surface area contributed by atoms with E-state index in [1.807, 2.05) is 25.1 Å². The van der Waals surface area contributed by atoms with Gasteiger partial charge >= 0.3 is 0 Å². The van der Waals surface area contributed by atoms with Crippen LogP contribution < -0.4 is 10.5 Å². The molecule has 106 valence electrons. The van der Waals surface area contributed by atoms with Gasteiger partial charge in [-0.1, -0.05) is 15.9 Å². The summed E-state index contributed by atoms with van der Waals surface area (Å²) >= 11 is 4.99. The standard InChI is InChI=1S/C15H15BrFNOS/c1-2-19-12-4-6-14(18)15(8-12)20-9-10-7-11(17)3-5-13(10)16/h3-8H,2,9,18H2,1H3. The lowest BCUT2D eigenvalue weighted by Crippen LogP contribution is -1.94. The molecule has 2 nitrogen and oxygen atoms in total.